The molecule has 0 bridgehead atoms. The van der Waals surface area contributed by atoms with Crippen molar-refractivity contribution < 1.29 is 9.53 Å². The lowest BCUT2D eigenvalue weighted by Gasteiger charge is -2.36. The van der Waals surface area contributed by atoms with Crippen LogP contribution in [0.2, 0.25) is 5.02 Å². The number of hydrogen-bond acceptors (Lipinski definition) is 4. The predicted molar refractivity (Wildman–Crippen MR) is 133 cm³/mol. The maximum atomic E-state index is 12.7. The van der Waals surface area contributed by atoms with Crippen LogP contribution in [0, 0.1) is 5.92 Å². The molecule has 0 aliphatic carbocycles. The molecule has 2 heterocycles. The standard InChI is InChI=1S/C21H32ClN5O2.HI/c1-3-23-21(27-9-8-17(15-27)16-29-2)24-14-20(28)26-12-10-25(11-13-26)19-6-4-18(22)5-7-19;/h4-7,17H,3,8-16H2,1-2H3,(H,23,24);1H. The third-order valence-electron chi connectivity index (χ3n) is 5.51. The molecule has 1 N–H and O–H groups in total. The minimum absolute atomic E-state index is 0. The predicted octanol–water partition coefficient (Wildman–Crippen LogP) is 2.54. The molecule has 2 aliphatic rings. The van der Waals surface area contributed by atoms with Gasteiger partial charge >= 0.3 is 0 Å². The summed E-state index contributed by atoms with van der Waals surface area (Å²) in [5, 5.41) is 4.06. The largest absolute Gasteiger partial charge is 0.384 e. The van der Waals surface area contributed by atoms with Crippen LogP contribution in [0.5, 0.6) is 0 Å². The third-order valence-corrected chi connectivity index (χ3v) is 5.76. The van der Waals surface area contributed by atoms with Crippen LogP contribution in [-0.4, -0.2) is 87.7 Å². The summed E-state index contributed by atoms with van der Waals surface area (Å²) in [7, 11) is 1.74. The normalized spacial score (nSPS) is 19.6. The van der Waals surface area contributed by atoms with Crippen LogP contribution in [0.3, 0.4) is 0 Å². The van der Waals surface area contributed by atoms with Gasteiger partial charge in [-0.1, -0.05) is 11.6 Å². The van der Waals surface area contributed by atoms with Gasteiger partial charge in [0.05, 0.1) is 6.61 Å². The highest BCUT2D eigenvalue weighted by molar-refractivity contribution is 14.0. The van der Waals surface area contributed by atoms with E-state index in [0.29, 0.717) is 19.0 Å². The van der Waals surface area contributed by atoms with Crippen molar-refractivity contribution in [3.8, 4) is 0 Å². The topological polar surface area (TPSA) is 60.4 Å². The maximum absolute atomic E-state index is 12.7. The zero-order chi connectivity index (χ0) is 20.6. The number of anilines is 1. The molecule has 2 saturated heterocycles. The number of ether oxygens (including phenoxy) is 1. The van der Waals surface area contributed by atoms with E-state index in [-0.39, 0.29) is 36.4 Å². The fourth-order valence-electron chi connectivity index (χ4n) is 3.93. The van der Waals surface area contributed by atoms with E-state index < -0.39 is 0 Å². The molecule has 2 aliphatic heterocycles. The molecule has 1 aromatic rings. The Morgan fingerprint density at radius 1 is 1.17 bits per heavy atom. The molecular formula is C21H33ClIN5O2. The number of piperazine rings is 1. The molecule has 1 atom stereocenters. The summed E-state index contributed by atoms with van der Waals surface area (Å²) in [6, 6.07) is 7.86. The summed E-state index contributed by atoms with van der Waals surface area (Å²) in [5.41, 5.74) is 1.15. The number of carbonyl (C=O) groups is 1. The Hall–Kier alpha value is -1.26. The fourth-order valence-corrected chi connectivity index (χ4v) is 4.06. The lowest BCUT2D eigenvalue weighted by molar-refractivity contribution is -0.129. The van der Waals surface area contributed by atoms with E-state index in [2.05, 4.69) is 27.0 Å². The SMILES string of the molecule is CCNC(=NCC(=O)N1CCN(c2ccc(Cl)cc2)CC1)N1CCC(COC)C1.I. The van der Waals surface area contributed by atoms with Gasteiger partial charge in [-0.3, -0.25) is 4.79 Å². The number of methoxy groups -OCH3 is 1. The summed E-state index contributed by atoms with van der Waals surface area (Å²) in [6.45, 7) is 8.75. The lowest BCUT2D eigenvalue weighted by atomic mass is 10.1. The second kappa shape index (κ2) is 12.6. The van der Waals surface area contributed by atoms with Crippen LogP contribution in [0.25, 0.3) is 0 Å². The first-order valence-electron chi connectivity index (χ1n) is 10.4. The number of nitrogens with zero attached hydrogens (tertiary/aromatic N) is 4. The number of hydrogen-bond donors (Lipinski definition) is 1. The van der Waals surface area contributed by atoms with Gasteiger partial charge in [-0.25, -0.2) is 4.99 Å². The van der Waals surface area contributed by atoms with E-state index in [9.17, 15) is 4.79 Å². The lowest BCUT2D eigenvalue weighted by Crippen LogP contribution is -2.49. The zero-order valence-electron chi connectivity index (χ0n) is 17.8. The smallest absolute Gasteiger partial charge is 0.244 e. The van der Waals surface area contributed by atoms with Crippen molar-refractivity contribution in [2.45, 2.75) is 13.3 Å². The number of rotatable bonds is 6. The van der Waals surface area contributed by atoms with Crippen LogP contribution in [0.4, 0.5) is 5.69 Å². The number of aliphatic imine (C=N–C) groups is 1. The zero-order valence-corrected chi connectivity index (χ0v) is 20.9. The van der Waals surface area contributed by atoms with Gasteiger partial charge < -0.3 is 24.8 Å². The van der Waals surface area contributed by atoms with E-state index in [1.165, 1.54) is 0 Å². The first kappa shape index (κ1) is 25.0. The number of benzene rings is 1. The summed E-state index contributed by atoms with van der Waals surface area (Å²) in [4.78, 5) is 23.8. The highest BCUT2D eigenvalue weighted by Crippen LogP contribution is 2.20. The second-order valence-electron chi connectivity index (χ2n) is 7.57. The van der Waals surface area contributed by atoms with Crippen molar-refractivity contribution in [2.75, 3.05) is 71.0 Å². The van der Waals surface area contributed by atoms with Gasteiger partial charge in [0.15, 0.2) is 5.96 Å². The first-order valence-corrected chi connectivity index (χ1v) is 10.8. The molecule has 9 heteroatoms. The molecule has 0 saturated carbocycles. The van der Waals surface area contributed by atoms with E-state index in [4.69, 9.17) is 16.3 Å². The van der Waals surface area contributed by atoms with E-state index in [0.717, 1.165) is 62.4 Å². The summed E-state index contributed by atoms with van der Waals surface area (Å²) in [6.07, 6.45) is 1.10. The molecule has 1 amide bonds. The molecule has 1 unspecified atom stereocenters. The molecule has 0 aromatic heterocycles. The maximum Gasteiger partial charge on any atom is 0.244 e. The van der Waals surface area contributed by atoms with Crippen molar-refractivity contribution in [3.05, 3.63) is 29.3 Å². The van der Waals surface area contributed by atoms with Crippen molar-refractivity contribution in [2.24, 2.45) is 10.9 Å². The van der Waals surface area contributed by atoms with Crippen molar-refractivity contribution in [1.29, 1.82) is 0 Å². The van der Waals surface area contributed by atoms with Gasteiger partial charge in [-0.2, -0.15) is 0 Å². The second-order valence-corrected chi connectivity index (χ2v) is 8.01. The monoisotopic (exact) mass is 549 g/mol. The van der Waals surface area contributed by atoms with Gasteiger partial charge in [0.1, 0.15) is 6.54 Å². The summed E-state index contributed by atoms with van der Waals surface area (Å²) >= 11 is 5.97. The molecule has 7 nitrogen and oxygen atoms in total. The van der Waals surface area contributed by atoms with Gasteiger partial charge in [-0.05, 0) is 37.6 Å². The number of amides is 1. The minimum atomic E-state index is 0. The van der Waals surface area contributed by atoms with E-state index >= 15 is 0 Å². The Morgan fingerprint density at radius 3 is 2.50 bits per heavy atom. The Kier molecular flexibility index (Phi) is 10.5. The third kappa shape index (κ3) is 6.88. The molecule has 0 spiro atoms. The van der Waals surface area contributed by atoms with Crippen molar-refractivity contribution >= 4 is 53.1 Å². The Labute approximate surface area is 201 Å². The van der Waals surface area contributed by atoms with Gasteiger partial charge in [-0.15, -0.1) is 24.0 Å². The van der Waals surface area contributed by atoms with Gasteiger partial charge in [0.25, 0.3) is 0 Å². The van der Waals surface area contributed by atoms with E-state index in [1.807, 2.05) is 29.2 Å². The number of likely N-dealkylation sites (tertiary alicyclic amines) is 1. The molecule has 168 valence electrons. The quantitative estimate of drug-likeness (QED) is 0.336. The highest BCUT2D eigenvalue weighted by Gasteiger charge is 2.26. The number of carbonyl (C=O) groups excluding carboxylic acids is 1. The molecule has 0 radical (unpaired) electrons. The minimum Gasteiger partial charge on any atom is -0.384 e. The fraction of sp³-hybridized carbons (Fsp3) is 0.619. The van der Waals surface area contributed by atoms with Crippen LogP contribution in [-0.2, 0) is 9.53 Å². The van der Waals surface area contributed by atoms with Crippen molar-refractivity contribution in [1.82, 2.24) is 15.1 Å². The van der Waals surface area contributed by atoms with Crippen LogP contribution in [0.15, 0.2) is 29.3 Å². The Balaban J connectivity index is 0.00000320. The average molecular weight is 550 g/mol. The van der Waals surface area contributed by atoms with Crippen LogP contribution in [0.1, 0.15) is 13.3 Å². The molecular weight excluding hydrogens is 517 g/mol. The highest BCUT2D eigenvalue weighted by atomic mass is 127. The summed E-state index contributed by atoms with van der Waals surface area (Å²) < 4.78 is 5.28. The van der Waals surface area contributed by atoms with Crippen LogP contribution >= 0.6 is 35.6 Å². The van der Waals surface area contributed by atoms with E-state index in [1.54, 1.807) is 7.11 Å². The first-order chi connectivity index (χ1) is 14.1. The summed E-state index contributed by atoms with van der Waals surface area (Å²) in [5.74, 6) is 1.45. The van der Waals surface area contributed by atoms with Crippen molar-refractivity contribution in [3.63, 3.8) is 0 Å². The molecule has 2 fully saturated rings. The number of halogens is 2. The number of guanidine groups is 1. The van der Waals surface area contributed by atoms with Gasteiger partial charge in [0.2, 0.25) is 5.91 Å². The molecule has 1 aromatic carbocycles. The van der Waals surface area contributed by atoms with Gasteiger partial charge in [0, 0.05) is 69.6 Å². The number of nitrogens with one attached hydrogen (secondary N) is 1. The Bertz CT molecular complexity index is 695. The average Bonchev–Trinajstić information content (AvgIpc) is 3.20. The van der Waals surface area contributed by atoms with Crippen LogP contribution < -0.4 is 10.2 Å². The molecule has 30 heavy (non-hydrogen) atoms. The Morgan fingerprint density at radius 2 is 1.87 bits per heavy atom. The molecule has 3 rings (SSSR count).